The van der Waals surface area contributed by atoms with Gasteiger partial charge in [0, 0.05) is 0 Å². The maximum atomic E-state index is 2.34. The molecule has 0 bridgehead atoms. The normalized spacial score (nSPS) is 10.9. The summed E-state index contributed by atoms with van der Waals surface area (Å²) in [6, 6.07) is 8.95. The van der Waals surface area contributed by atoms with Crippen LogP contribution >= 0.6 is 0 Å². The van der Waals surface area contributed by atoms with E-state index < -0.39 is 0 Å². The lowest BCUT2D eigenvalue weighted by atomic mass is 9.86. The summed E-state index contributed by atoms with van der Waals surface area (Å²) in [7, 11) is 0. The van der Waals surface area contributed by atoms with Crippen LogP contribution in [0.15, 0.2) is 24.3 Å². The van der Waals surface area contributed by atoms with Gasteiger partial charge < -0.3 is 0 Å². The van der Waals surface area contributed by atoms with Crippen molar-refractivity contribution >= 4 is 0 Å². The van der Waals surface area contributed by atoms with Gasteiger partial charge >= 0.3 is 0 Å². The van der Waals surface area contributed by atoms with Crippen LogP contribution in [-0.4, -0.2) is 0 Å². The predicted molar refractivity (Wildman–Crippen MR) is 95.6 cm³/mol. The van der Waals surface area contributed by atoms with Crippen LogP contribution in [0.3, 0.4) is 0 Å². The van der Waals surface area contributed by atoms with Crippen molar-refractivity contribution in [1.29, 1.82) is 0 Å². The van der Waals surface area contributed by atoms with E-state index in [9.17, 15) is 0 Å². The van der Waals surface area contributed by atoms with Gasteiger partial charge in [0.25, 0.3) is 0 Å². The molecule has 1 rings (SSSR count). The molecule has 0 radical (unpaired) electrons. The van der Waals surface area contributed by atoms with Crippen molar-refractivity contribution in [2.45, 2.75) is 87.5 Å². The number of benzene rings is 1. The van der Waals surface area contributed by atoms with E-state index in [0.29, 0.717) is 5.41 Å². The Bertz CT molecular complexity index is 328. The quantitative estimate of drug-likeness (QED) is 0.545. The van der Waals surface area contributed by atoms with Gasteiger partial charge in [0.15, 0.2) is 0 Å². The summed E-state index contributed by atoms with van der Waals surface area (Å²) < 4.78 is 0. The summed E-state index contributed by atoms with van der Waals surface area (Å²) in [6.45, 7) is 21.8. The first-order chi connectivity index (χ1) is 9.04. The van der Waals surface area contributed by atoms with Crippen LogP contribution in [-0.2, 0) is 11.8 Å². The van der Waals surface area contributed by atoms with Crippen LogP contribution in [0, 0.1) is 5.41 Å². The highest BCUT2D eigenvalue weighted by molar-refractivity contribution is 5.28. The monoisotopic (exact) mass is 278 g/mol. The van der Waals surface area contributed by atoms with E-state index in [4.69, 9.17) is 0 Å². The minimum Gasteiger partial charge on any atom is -0.0683 e. The molecule has 0 aliphatic rings. The van der Waals surface area contributed by atoms with Gasteiger partial charge in [-0.2, -0.15) is 0 Å². The Kier molecular flexibility index (Phi) is 10.8. The van der Waals surface area contributed by atoms with E-state index in [1.54, 1.807) is 0 Å². The average molecular weight is 279 g/mol. The minimum atomic E-state index is 0.281. The largest absolute Gasteiger partial charge is 0.0683 e. The average Bonchev–Trinajstić information content (AvgIpc) is 2.29. The van der Waals surface area contributed by atoms with E-state index in [1.807, 2.05) is 13.8 Å². The summed E-state index contributed by atoms with van der Waals surface area (Å²) in [6.07, 6.45) is 2.43. The van der Waals surface area contributed by atoms with Gasteiger partial charge in [0.1, 0.15) is 0 Å². The molecule has 1 aromatic rings. The smallest absolute Gasteiger partial charge is 0.0132 e. The Hall–Kier alpha value is -0.780. The summed E-state index contributed by atoms with van der Waals surface area (Å²) in [5.41, 5.74) is 3.69. The van der Waals surface area contributed by atoms with Crippen LogP contribution in [0.4, 0.5) is 0 Å². The second-order valence-corrected chi connectivity index (χ2v) is 7.70. The molecule has 0 aromatic heterocycles. The highest BCUT2D eigenvalue weighted by Crippen LogP contribution is 2.23. The molecule has 1 aromatic carbocycles. The van der Waals surface area contributed by atoms with Crippen molar-refractivity contribution in [2.75, 3.05) is 0 Å². The fraction of sp³-hybridized carbons (Fsp3) is 0.700. The molecule has 0 nitrogen and oxygen atoms in total. The zero-order valence-electron chi connectivity index (χ0n) is 15.7. The molecule has 20 heavy (non-hydrogen) atoms. The minimum absolute atomic E-state index is 0.281. The molecule has 0 unspecified atom stereocenters. The van der Waals surface area contributed by atoms with E-state index in [1.165, 1.54) is 24.0 Å². The number of rotatable bonds is 2. The molecule has 0 N–H and O–H groups in total. The zero-order valence-corrected chi connectivity index (χ0v) is 15.7. The first kappa shape index (κ1) is 21.5. The number of hydrogen-bond acceptors (Lipinski definition) is 0. The maximum Gasteiger partial charge on any atom is -0.0132 e. The molecule has 0 aliphatic heterocycles. The van der Waals surface area contributed by atoms with E-state index in [-0.39, 0.29) is 5.41 Å². The number of aryl methyl sites for hydroxylation is 1. The standard InChI is InChI=1S/C13H20.C5H12.C2H6/c1-5-7-11-8-6-9-12(10-11)13(2,3)4;1-5(2,3)4;1-2/h6,8-10H,5,7H2,1-4H3;1-4H3;1-2H3. The molecule has 0 spiro atoms. The molecule has 0 saturated heterocycles. The van der Waals surface area contributed by atoms with Gasteiger partial charge in [-0.3, -0.25) is 0 Å². The van der Waals surface area contributed by atoms with Crippen LogP contribution in [0.2, 0.25) is 0 Å². The third-order valence-electron chi connectivity index (χ3n) is 2.33. The van der Waals surface area contributed by atoms with Crippen molar-refractivity contribution in [3.8, 4) is 0 Å². The van der Waals surface area contributed by atoms with Gasteiger partial charge in [-0.05, 0) is 28.4 Å². The predicted octanol–water partition coefficient (Wildman–Crippen LogP) is 7.02. The van der Waals surface area contributed by atoms with Crippen LogP contribution in [0.5, 0.6) is 0 Å². The van der Waals surface area contributed by atoms with Gasteiger partial charge in [0.2, 0.25) is 0 Å². The molecule has 0 heteroatoms. The highest BCUT2D eigenvalue weighted by atomic mass is 14.2. The maximum absolute atomic E-state index is 2.34. The Labute approximate surface area is 129 Å². The van der Waals surface area contributed by atoms with E-state index >= 15 is 0 Å². The Morgan fingerprint density at radius 1 is 0.850 bits per heavy atom. The van der Waals surface area contributed by atoms with Gasteiger partial charge in [-0.1, -0.05) is 99.9 Å². The fourth-order valence-corrected chi connectivity index (χ4v) is 1.48. The molecular weight excluding hydrogens is 240 g/mol. The Morgan fingerprint density at radius 2 is 1.30 bits per heavy atom. The first-order valence-electron chi connectivity index (χ1n) is 8.13. The van der Waals surface area contributed by atoms with Crippen molar-refractivity contribution in [3.63, 3.8) is 0 Å². The molecule has 0 heterocycles. The number of hydrogen-bond donors (Lipinski definition) is 0. The lowest BCUT2D eigenvalue weighted by molar-refractivity contribution is 0.469. The van der Waals surface area contributed by atoms with Crippen LogP contribution in [0.1, 0.15) is 86.8 Å². The van der Waals surface area contributed by atoms with Gasteiger partial charge in [-0.15, -0.1) is 0 Å². The SMILES string of the molecule is CC.CC(C)(C)C.CCCc1cccc(C(C)(C)C)c1. The Morgan fingerprint density at radius 3 is 1.65 bits per heavy atom. The lowest BCUT2D eigenvalue weighted by Crippen LogP contribution is -2.11. The van der Waals surface area contributed by atoms with Crippen molar-refractivity contribution in [1.82, 2.24) is 0 Å². The Balaban J connectivity index is 0. The summed E-state index contributed by atoms with van der Waals surface area (Å²) >= 11 is 0. The van der Waals surface area contributed by atoms with E-state index in [0.717, 1.165) is 0 Å². The fourth-order valence-electron chi connectivity index (χ4n) is 1.48. The third-order valence-corrected chi connectivity index (χ3v) is 2.33. The molecule has 118 valence electrons. The third kappa shape index (κ3) is 13.6. The molecule has 0 atom stereocenters. The van der Waals surface area contributed by atoms with Crippen LogP contribution in [0.25, 0.3) is 0 Å². The molecule has 0 aliphatic carbocycles. The lowest BCUT2D eigenvalue weighted by Gasteiger charge is -2.19. The second-order valence-electron chi connectivity index (χ2n) is 7.70. The van der Waals surface area contributed by atoms with Crippen LogP contribution < -0.4 is 0 Å². The molecule has 0 fully saturated rings. The van der Waals surface area contributed by atoms with Gasteiger partial charge in [-0.25, -0.2) is 0 Å². The molecular formula is C20H38. The van der Waals surface area contributed by atoms with Gasteiger partial charge in [0.05, 0.1) is 0 Å². The molecule has 0 amide bonds. The van der Waals surface area contributed by atoms with E-state index in [2.05, 4.69) is 79.7 Å². The summed E-state index contributed by atoms with van der Waals surface area (Å²) in [5, 5.41) is 0. The molecule has 0 saturated carbocycles. The topological polar surface area (TPSA) is 0 Å². The van der Waals surface area contributed by atoms with Crippen molar-refractivity contribution in [2.24, 2.45) is 5.41 Å². The second kappa shape index (κ2) is 10.0. The van der Waals surface area contributed by atoms with Crippen molar-refractivity contribution in [3.05, 3.63) is 35.4 Å². The van der Waals surface area contributed by atoms with Crippen molar-refractivity contribution < 1.29 is 0 Å². The first-order valence-corrected chi connectivity index (χ1v) is 8.13. The zero-order chi connectivity index (χ0) is 16.4. The summed E-state index contributed by atoms with van der Waals surface area (Å²) in [5.74, 6) is 0. The summed E-state index contributed by atoms with van der Waals surface area (Å²) in [4.78, 5) is 0. The highest BCUT2D eigenvalue weighted by Gasteiger charge is 2.12.